The molecule has 1 saturated heterocycles. The lowest BCUT2D eigenvalue weighted by Crippen LogP contribution is -2.50. The molecular formula is C17H23F3N2O2. The summed E-state index contributed by atoms with van der Waals surface area (Å²) in [6.07, 6.45) is -4.75. The van der Waals surface area contributed by atoms with E-state index in [1.807, 2.05) is 4.90 Å². The minimum Gasteiger partial charge on any atom is -0.444 e. The molecule has 7 heteroatoms. The Kier molecular flexibility index (Phi) is 5.01. The molecule has 0 radical (unpaired) electrons. The Balaban J connectivity index is 2.07. The van der Waals surface area contributed by atoms with E-state index in [9.17, 15) is 18.0 Å². The van der Waals surface area contributed by atoms with Gasteiger partial charge in [0, 0.05) is 31.9 Å². The highest BCUT2D eigenvalue weighted by Gasteiger charge is 2.34. The molecule has 0 atom stereocenters. The number of hydrogen-bond donors (Lipinski definition) is 0. The van der Waals surface area contributed by atoms with Gasteiger partial charge in [-0.15, -0.1) is 0 Å². The van der Waals surface area contributed by atoms with Gasteiger partial charge in [0.15, 0.2) is 0 Å². The van der Waals surface area contributed by atoms with Gasteiger partial charge >= 0.3 is 12.3 Å². The van der Waals surface area contributed by atoms with Crippen molar-refractivity contribution in [3.8, 4) is 0 Å². The number of nitrogens with zero attached hydrogens (tertiary/aromatic N) is 2. The second kappa shape index (κ2) is 6.53. The predicted octanol–water partition coefficient (Wildman–Crippen LogP) is 4.07. The maximum atomic E-state index is 13.0. The largest absolute Gasteiger partial charge is 0.444 e. The van der Waals surface area contributed by atoms with Gasteiger partial charge < -0.3 is 14.5 Å². The van der Waals surface area contributed by atoms with Crippen LogP contribution in [0.5, 0.6) is 0 Å². The quantitative estimate of drug-likeness (QED) is 0.770. The van der Waals surface area contributed by atoms with Crippen LogP contribution in [0.4, 0.5) is 23.7 Å². The number of carbonyl (C=O) groups excluding carboxylic acids is 1. The summed E-state index contributed by atoms with van der Waals surface area (Å²) in [5, 5.41) is 0. The Labute approximate surface area is 140 Å². The van der Waals surface area contributed by atoms with E-state index in [1.54, 1.807) is 31.7 Å². The highest BCUT2D eigenvalue weighted by molar-refractivity contribution is 5.69. The number of alkyl halides is 3. The Morgan fingerprint density at radius 1 is 1.08 bits per heavy atom. The summed E-state index contributed by atoms with van der Waals surface area (Å²) in [6, 6.07) is 4.20. The number of halogens is 3. The van der Waals surface area contributed by atoms with Crippen molar-refractivity contribution in [2.45, 2.75) is 39.5 Å². The van der Waals surface area contributed by atoms with Crippen molar-refractivity contribution >= 4 is 11.8 Å². The van der Waals surface area contributed by atoms with Crippen LogP contribution in [0.1, 0.15) is 31.9 Å². The first-order valence-corrected chi connectivity index (χ1v) is 7.89. The van der Waals surface area contributed by atoms with Crippen LogP contribution in [0.25, 0.3) is 0 Å². The van der Waals surface area contributed by atoms with Crippen molar-refractivity contribution in [1.82, 2.24) is 4.90 Å². The van der Waals surface area contributed by atoms with E-state index in [4.69, 9.17) is 4.74 Å². The number of amides is 1. The summed E-state index contributed by atoms with van der Waals surface area (Å²) < 4.78 is 44.4. The zero-order chi connectivity index (χ0) is 18.1. The number of ether oxygens (including phenoxy) is 1. The molecule has 1 amide bonds. The topological polar surface area (TPSA) is 32.8 Å². The molecule has 1 aliphatic rings. The number of anilines is 1. The lowest BCUT2D eigenvalue weighted by atomic mass is 10.0. The minimum absolute atomic E-state index is 0.218. The Hall–Kier alpha value is -1.92. The number of hydrogen-bond acceptors (Lipinski definition) is 3. The monoisotopic (exact) mass is 344 g/mol. The Bertz CT molecular complexity index is 601. The van der Waals surface area contributed by atoms with Crippen molar-refractivity contribution in [2.24, 2.45) is 0 Å². The van der Waals surface area contributed by atoms with E-state index in [-0.39, 0.29) is 11.7 Å². The lowest BCUT2D eigenvalue weighted by Gasteiger charge is -2.37. The van der Waals surface area contributed by atoms with Gasteiger partial charge in [-0.05, 0) is 45.4 Å². The maximum absolute atomic E-state index is 13.0. The zero-order valence-electron chi connectivity index (χ0n) is 14.4. The molecule has 0 unspecified atom stereocenters. The van der Waals surface area contributed by atoms with E-state index in [0.29, 0.717) is 31.9 Å². The fourth-order valence-corrected chi connectivity index (χ4v) is 2.73. The molecule has 134 valence electrons. The van der Waals surface area contributed by atoms with Crippen molar-refractivity contribution in [2.75, 3.05) is 31.1 Å². The molecule has 1 aromatic rings. The fourth-order valence-electron chi connectivity index (χ4n) is 2.73. The second-order valence-corrected chi connectivity index (χ2v) is 6.90. The van der Waals surface area contributed by atoms with Crippen molar-refractivity contribution in [1.29, 1.82) is 0 Å². The lowest BCUT2D eigenvalue weighted by molar-refractivity contribution is -0.138. The Morgan fingerprint density at radius 3 is 2.17 bits per heavy atom. The smallest absolute Gasteiger partial charge is 0.416 e. The van der Waals surface area contributed by atoms with Crippen molar-refractivity contribution < 1.29 is 22.7 Å². The number of benzene rings is 1. The number of rotatable bonds is 1. The molecule has 0 aromatic heterocycles. The molecular weight excluding hydrogens is 321 g/mol. The van der Waals surface area contributed by atoms with Crippen molar-refractivity contribution in [3.63, 3.8) is 0 Å². The molecule has 24 heavy (non-hydrogen) atoms. The van der Waals surface area contributed by atoms with Crippen LogP contribution in [0, 0.1) is 6.92 Å². The first-order chi connectivity index (χ1) is 11.0. The van der Waals surface area contributed by atoms with Gasteiger partial charge in [0.2, 0.25) is 0 Å². The van der Waals surface area contributed by atoms with Gasteiger partial charge in [-0.1, -0.05) is 6.07 Å². The van der Waals surface area contributed by atoms with Gasteiger partial charge in [0.1, 0.15) is 5.60 Å². The molecule has 1 heterocycles. The molecule has 1 fully saturated rings. The summed E-state index contributed by atoms with van der Waals surface area (Å²) in [4.78, 5) is 15.5. The first kappa shape index (κ1) is 18.4. The summed E-state index contributed by atoms with van der Waals surface area (Å²) >= 11 is 0. The summed E-state index contributed by atoms with van der Waals surface area (Å²) in [5.74, 6) is 0. The van der Waals surface area contributed by atoms with Crippen LogP contribution in [-0.4, -0.2) is 42.8 Å². The minimum atomic E-state index is -4.36. The number of carbonyl (C=O) groups is 1. The molecule has 0 saturated carbocycles. The van der Waals surface area contributed by atoms with E-state index in [0.717, 1.165) is 6.07 Å². The van der Waals surface area contributed by atoms with Crippen LogP contribution in [0.3, 0.4) is 0 Å². The fraction of sp³-hybridized carbons (Fsp3) is 0.588. The first-order valence-electron chi connectivity index (χ1n) is 7.89. The third-order valence-corrected chi connectivity index (χ3v) is 3.88. The normalized spacial score (nSPS) is 16.3. The van der Waals surface area contributed by atoms with Gasteiger partial charge in [0.25, 0.3) is 0 Å². The van der Waals surface area contributed by atoms with Crippen LogP contribution < -0.4 is 4.90 Å². The van der Waals surface area contributed by atoms with Gasteiger partial charge in [0.05, 0.1) is 5.56 Å². The highest BCUT2D eigenvalue weighted by atomic mass is 19.4. The van der Waals surface area contributed by atoms with Gasteiger partial charge in [-0.3, -0.25) is 0 Å². The van der Waals surface area contributed by atoms with Crippen molar-refractivity contribution in [3.05, 3.63) is 29.3 Å². The van der Waals surface area contributed by atoms with E-state index in [2.05, 4.69) is 0 Å². The maximum Gasteiger partial charge on any atom is 0.416 e. The van der Waals surface area contributed by atoms with E-state index < -0.39 is 17.3 Å². The Morgan fingerprint density at radius 2 is 1.67 bits per heavy atom. The summed E-state index contributed by atoms with van der Waals surface area (Å²) in [7, 11) is 0. The van der Waals surface area contributed by atoms with Crippen LogP contribution in [0.15, 0.2) is 18.2 Å². The second-order valence-electron chi connectivity index (χ2n) is 6.90. The average molecular weight is 344 g/mol. The number of piperazine rings is 1. The average Bonchev–Trinajstić information content (AvgIpc) is 2.44. The third-order valence-electron chi connectivity index (χ3n) is 3.88. The highest BCUT2D eigenvalue weighted by Crippen LogP contribution is 2.36. The zero-order valence-corrected chi connectivity index (χ0v) is 14.4. The molecule has 0 aliphatic carbocycles. The molecule has 4 nitrogen and oxygen atoms in total. The van der Waals surface area contributed by atoms with E-state index >= 15 is 0 Å². The van der Waals surface area contributed by atoms with E-state index in [1.165, 1.54) is 13.0 Å². The molecule has 0 bridgehead atoms. The predicted molar refractivity (Wildman–Crippen MR) is 86.2 cm³/mol. The third kappa shape index (κ3) is 4.33. The molecule has 2 rings (SSSR count). The molecule has 1 aliphatic heterocycles. The standard InChI is InChI=1S/C17H23F3N2O2/c1-12-13(17(18,19)20)6-5-7-14(12)21-8-10-22(11-9-21)15(23)24-16(2,3)4/h5-7H,8-11H2,1-4H3. The SMILES string of the molecule is Cc1c(N2CCN(C(=O)OC(C)(C)C)CC2)cccc1C(F)(F)F. The van der Waals surface area contributed by atoms with Crippen LogP contribution in [0.2, 0.25) is 0 Å². The van der Waals surface area contributed by atoms with Gasteiger partial charge in [-0.2, -0.15) is 13.2 Å². The molecule has 1 aromatic carbocycles. The molecule has 0 spiro atoms. The van der Waals surface area contributed by atoms with Crippen LogP contribution in [-0.2, 0) is 10.9 Å². The van der Waals surface area contributed by atoms with Gasteiger partial charge in [-0.25, -0.2) is 4.79 Å². The molecule has 0 N–H and O–H groups in total. The summed E-state index contributed by atoms with van der Waals surface area (Å²) in [6.45, 7) is 8.67. The summed E-state index contributed by atoms with van der Waals surface area (Å²) in [5.41, 5.74) is -0.398. The van der Waals surface area contributed by atoms with Crippen LogP contribution >= 0.6 is 0 Å².